The van der Waals surface area contributed by atoms with Gasteiger partial charge in [0, 0.05) is 18.5 Å². The van der Waals surface area contributed by atoms with E-state index in [4.69, 9.17) is 0 Å². The van der Waals surface area contributed by atoms with E-state index >= 15 is 0 Å². The minimum atomic E-state index is -1.95. The van der Waals surface area contributed by atoms with Gasteiger partial charge in [-0.25, -0.2) is 9.37 Å². The number of amides is 3. The summed E-state index contributed by atoms with van der Waals surface area (Å²) >= 11 is 1.47. The van der Waals surface area contributed by atoms with Gasteiger partial charge in [0.25, 0.3) is 5.91 Å². The fourth-order valence-electron chi connectivity index (χ4n) is 4.74. The average molecular weight is 547 g/mol. The number of aliphatic hydroxyl groups excluding tert-OH is 1. The second-order valence-corrected chi connectivity index (χ2v) is 12.3. The lowest BCUT2D eigenvalue weighted by molar-refractivity contribution is -0.145. The van der Waals surface area contributed by atoms with Gasteiger partial charge in [0.05, 0.1) is 28.2 Å². The maximum Gasteiger partial charge on any atom is 0.258 e. The van der Waals surface area contributed by atoms with Gasteiger partial charge < -0.3 is 25.7 Å². The summed E-state index contributed by atoms with van der Waals surface area (Å²) in [7, 11) is 0. The molecule has 11 heteroatoms. The fraction of sp³-hybridized carbons (Fsp3) is 0.556. The molecule has 9 nitrogen and oxygen atoms in total. The number of nitrogens with one attached hydrogen (secondary N) is 2. The number of nitrogens with zero attached hydrogens (tertiary/aromatic N) is 2. The van der Waals surface area contributed by atoms with Crippen molar-refractivity contribution in [3.8, 4) is 16.2 Å². The zero-order valence-corrected chi connectivity index (χ0v) is 23.1. The van der Waals surface area contributed by atoms with Crippen molar-refractivity contribution >= 4 is 29.1 Å². The third kappa shape index (κ3) is 5.68. The first-order valence-corrected chi connectivity index (χ1v) is 13.6. The molecule has 1 aromatic heterocycles. The van der Waals surface area contributed by atoms with Gasteiger partial charge in [0.2, 0.25) is 11.8 Å². The Balaban J connectivity index is 1.49. The topological polar surface area (TPSA) is 132 Å². The van der Waals surface area contributed by atoms with Gasteiger partial charge in [-0.2, -0.15) is 0 Å². The van der Waals surface area contributed by atoms with Gasteiger partial charge >= 0.3 is 0 Å². The quantitative estimate of drug-likeness (QED) is 0.422. The maximum atomic E-state index is 14.3. The lowest BCUT2D eigenvalue weighted by Crippen LogP contribution is -2.59. The van der Waals surface area contributed by atoms with Crippen molar-refractivity contribution in [3.05, 3.63) is 35.0 Å². The number of benzene rings is 1. The monoisotopic (exact) mass is 546 g/mol. The molecular formula is C27H35FN4O5S. The molecule has 4 atom stereocenters. The van der Waals surface area contributed by atoms with Gasteiger partial charge in [-0.05, 0) is 43.7 Å². The fourth-order valence-corrected chi connectivity index (χ4v) is 5.54. The van der Waals surface area contributed by atoms with E-state index in [0.717, 1.165) is 16.1 Å². The predicted molar refractivity (Wildman–Crippen MR) is 141 cm³/mol. The highest BCUT2D eigenvalue weighted by atomic mass is 32.1. The molecule has 1 aromatic carbocycles. The van der Waals surface area contributed by atoms with E-state index in [0.29, 0.717) is 5.56 Å². The number of aromatic nitrogens is 1. The number of aryl methyl sites for hydroxylation is 1. The van der Waals surface area contributed by atoms with Crippen LogP contribution in [-0.2, 0) is 14.4 Å². The lowest BCUT2D eigenvalue weighted by Gasteiger charge is -2.35. The number of alkyl halides is 1. The number of phenolic OH excluding ortho intramolecular Hbond substituents is 1. The number of aliphatic hydroxyl groups is 1. The van der Waals surface area contributed by atoms with Crippen LogP contribution < -0.4 is 10.6 Å². The number of aromatic hydroxyl groups is 1. The number of carbonyl (C=O) groups is 3. The summed E-state index contributed by atoms with van der Waals surface area (Å²) in [5.41, 5.74) is 1.20. The van der Waals surface area contributed by atoms with E-state index in [1.807, 2.05) is 13.0 Å². The molecule has 3 amide bonds. The molecule has 1 saturated carbocycles. The number of phenols is 1. The first-order chi connectivity index (χ1) is 17.7. The van der Waals surface area contributed by atoms with Crippen molar-refractivity contribution in [3.63, 3.8) is 0 Å². The van der Waals surface area contributed by atoms with E-state index in [-0.39, 0.29) is 31.6 Å². The Kier molecular flexibility index (Phi) is 7.55. The minimum Gasteiger partial charge on any atom is -0.508 e. The molecule has 0 radical (unpaired) electrons. The summed E-state index contributed by atoms with van der Waals surface area (Å²) in [4.78, 5) is 45.7. The van der Waals surface area contributed by atoms with Gasteiger partial charge in [-0.3, -0.25) is 14.4 Å². The summed E-state index contributed by atoms with van der Waals surface area (Å²) in [6, 6.07) is 2.56. The zero-order valence-electron chi connectivity index (χ0n) is 22.2. The van der Waals surface area contributed by atoms with Crippen LogP contribution in [0.3, 0.4) is 0 Å². The van der Waals surface area contributed by atoms with Crippen LogP contribution in [0.15, 0.2) is 23.7 Å². The molecule has 1 aliphatic heterocycles. The number of hydrogen-bond donors (Lipinski definition) is 4. The van der Waals surface area contributed by atoms with Crippen LogP contribution in [0, 0.1) is 12.3 Å². The maximum absolute atomic E-state index is 14.3. The van der Waals surface area contributed by atoms with Crippen LogP contribution in [0.4, 0.5) is 4.39 Å². The first kappa shape index (κ1) is 28.0. The first-order valence-electron chi connectivity index (χ1n) is 12.7. The molecule has 4 rings (SSSR count). The number of halogens is 1. The van der Waals surface area contributed by atoms with Crippen LogP contribution in [0.2, 0.25) is 0 Å². The van der Waals surface area contributed by atoms with E-state index in [2.05, 4.69) is 15.6 Å². The molecule has 2 unspecified atom stereocenters. The Hall–Kier alpha value is -3.05. The van der Waals surface area contributed by atoms with E-state index in [1.165, 1.54) is 16.2 Å². The summed E-state index contributed by atoms with van der Waals surface area (Å²) in [5, 5.41) is 26.4. The highest BCUT2D eigenvalue weighted by Crippen LogP contribution is 2.40. The average Bonchev–Trinajstić information content (AvgIpc) is 3.24. The smallest absolute Gasteiger partial charge is 0.258 e. The minimum absolute atomic E-state index is 0.0122. The molecule has 206 valence electrons. The van der Waals surface area contributed by atoms with E-state index in [9.17, 15) is 29.0 Å². The molecule has 4 N–H and O–H groups in total. The largest absolute Gasteiger partial charge is 0.508 e. The van der Waals surface area contributed by atoms with Gasteiger partial charge in [-0.1, -0.05) is 32.9 Å². The highest BCUT2D eigenvalue weighted by molar-refractivity contribution is 7.13. The van der Waals surface area contributed by atoms with E-state index in [1.54, 1.807) is 45.3 Å². The van der Waals surface area contributed by atoms with Crippen molar-refractivity contribution in [1.29, 1.82) is 0 Å². The lowest BCUT2D eigenvalue weighted by atomic mass is 9.85. The molecule has 0 spiro atoms. The summed E-state index contributed by atoms with van der Waals surface area (Å²) in [6.45, 7) is 8.77. The van der Waals surface area contributed by atoms with E-state index < -0.39 is 53.0 Å². The van der Waals surface area contributed by atoms with Gasteiger partial charge in [-0.15, -0.1) is 11.3 Å². The number of hydrogen-bond acceptors (Lipinski definition) is 7. The van der Waals surface area contributed by atoms with Crippen LogP contribution in [-0.4, -0.2) is 68.2 Å². The van der Waals surface area contributed by atoms with Crippen molar-refractivity contribution in [1.82, 2.24) is 20.5 Å². The molecule has 2 heterocycles. The van der Waals surface area contributed by atoms with Crippen molar-refractivity contribution in [2.24, 2.45) is 5.41 Å². The predicted octanol–water partition coefficient (Wildman–Crippen LogP) is 3.00. The van der Waals surface area contributed by atoms with Gasteiger partial charge in [0.15, 0.2) is 5.67 Å². The third-order valence-electron chi connectivity index (χ3n) is 7.21. The SMILES string of the molecule is Cc1ncsc1-c1ccc(C(C)NC(=O)[C@@H]2C[C@@H](O)CN2C(=O)C(NC(=O)C2(F)CC2)C(C)(C)C)c(O)c1. The summed E-state index contributed by atoms with van der Waals surface area (Å²) < 4.78 is 14.3. The van der Waals surface area contributed by atoms with Crippen molar-refractivity contribution in [2.45, 2.75) is 83.8 Å². The van der Waals surface area contributed by atoms with Crippen molar-refractivity contribution < 1.29 is 29.0 Å². The Labute approximate surface area is 225 Å². The Morgan fingerprint density at radius 1 is 1.24 bits per heavy atom. The Morgan fingerprint density at radius 2 is 1.92 bits per heavy atom. The number of carbonyl (C=O) groups excluding carboxylic acids is 3. The second kappa shape index (κ2) is 10.3. The molecule has 2 aromatic rings. The highest BCUT2D eigenvalue weighted by Gasteiger charge is 2.53. The Morgan fingerprint density at radius 3 is 2.47 bits per heavy atom. The van der Waals surface area contributed by atoms with Gasteiger partial charge in [0.1, 0.15) is 17.8 Å². The second-order valence-electron chi connectivity index (χ2n) is 11.4. The zero-order chi connectivity index (χ0) is 28.0. The molecule has 2 aliphatic rings. The Bertz CT molecular complexity index is 1240. The van der Waals surface area contributed by atoms with Crippen molar-refractivity contribution in [2.75, 3.05) is 6.54 Å². The van der Waals surface area contributed by atoms with Crippen LogP contribution in [0.1, 0.15) is 64.3 Å². The molecule has 0 bridgehead atoms. The third-order valence-corrected chi connectivity index (χ3v) is 8.19. The molecule has 1 aliphatic carbocycles. The summed E-state index contributed by atoms with van der Waals surface area (Å²) in [5.74, 6) is -1.86. The van der Waals surface area contributed by atoms with Crippen LogP contribution >= 0.6 is 11.3 Å². The van der Waals surface area contributed by atoms with Crippen LogP contribution in [0.25, 0.3) is 10.4 Å². The normalized spacial score (nSPS) is 22.0. The number of β-amino-alcohol motifs (C(OH)–C–C–N with tert-alkyl or cyclic N) is 1. The number of rotatable bonds is 7. The standard InChI is InChI=1S/C27H35FN4O5S/c1-14(18-7-6-16(10-20(18)34)21-15(2)29-13-38-21)30-23(35)19-11-17(33)12-32(19)24(36)22(26(3,4)5)31-25(37)27(28)8-9-27/h6-7,10,13-14,17,19,22,33-34H,8-9,11-12H2,1-5H3,(H,30,35)(H,31,37)/t14?,17-,19+,22?/m1/s1. The number of likely N-dealkylation sites (tertiary alicyclic amines) is 1. The molecule has 1 saturated heterocycles. The molecule has 38 heavy (non-hydrogen) atoms. The molecular weight excluding hydrogens is 511 g/mol. The number of thiazole rings is 1. The molecule has 2 fully saturated rings. The summed E-state index contributed by atoms with van der Waals surface area (Å²) in [6.07, 6.45) is -0.662. The van der Waals surface area contributed by atoms with Crippen LogP contribution in [0.5, 0.6) is 5.75 Å².